The van der Waals surface area contributed by atoms with Crippen molar-refractivity contribution in [3.63, 3.8) is 0 Å². The second-order valence-corrected chi connectivity index (χ2v) is 6.48. The molecule has 0 radical (unpaired) electrons. The van der Waals surface area contributed by atoms with Crippen LogP contribution in [0.5, 0.6) is 0 Å². The number of hydrogen-bond donors (Lipinski definition) is 2. The minimum atomic E-state index is -0.634. The summed E-state index contributed by atoms with van der Waals surface area (Å²) in [6.45, 7) is 5.72. The van der Waals surface area contributed by atoms with E-state index in [0.29, 0.717) is 18.4 Å². The summed E-state index contributed by atoms with van der Waals surface area (Å²) >= 11 is 0. The van der Waals surface area contributed by atoms with Crippen LogP contribution in [0.4, 0.5) is 0 Å². The number of nitrogens with zero attached hydrogens (tertiary/aromatic N) is 3. The van der Waals surface area contributed by atoms with Crippen LogP contribution in [0.15, 0.2) is 21.7 Å². The topological polar surface area (TPSA) is 92.7 Å². The first-order valence-corrected chi connectivity index (χ1v) is 8.18. The molecule has 3 heterocycles. The van der Waals surface area contributed by atoms with Gasteiger partial charge in [0.1, 0.15) is 0 Å². The lowest BCUT2D eigenvalue weighted by Gasteiger charge is -2.20. The summed E-state index contributed by atoms with van der Waals surface area (Å²) in [7, 11) is 0. The Hall–Kier alpha value is -2.54. The number of benzene rings is 1. The third kappa shape index (κ3) is 2.41. The maximum absolute atomic E-state index is 12.2. The minimum Gasteiger partial charge on any atom is -0.321 e. The van der Waals surface area contributed by atoms with Gasteiger partial charge in [0.05, 0.1) is 11.0 Å². The highest BCUT2D eigenvalue weighted by Crippen LogP contribution is 2.24. The Morgan fingerprint density at radius 2 is 2.00 bits per heavy atom. The van der Waals surface area contributed by atoms with Crippen molar-refractivity contribution in [1.29, 1.82) is 0 Å². The molecule has 1 aromatic rings. The van der Waals surface area contributed by atoms with Gasteiger partial charge in [-0.1, -0.05) is 0 Å². The Kier molecular flexibility index (Phi) is 3.45. The van der Waals surface area contributed by atoms with Crippen LogP contribution >= 0.6 is 0 Å². The van der Waals surface area contributed by atoms with E-state index in [1.165, 1.54) is 0 Å². The van der Waals surface area contributed by atoms with E-state index >= 15 is 0 Å². The van der Waals surface area contributed by atoms with Crippen LogP contribution in [0.3, 0.4) is 0 Å². The van der Waals surface area contributed by atoms with Gasteiger partial charge >= 0.3 is 5.69 Å². The zero-order chi connectivity index (χ0) is 16.8. The van der Waals surface area contributed by atoms with Gasteiger partial charge in [-0.3, -0.25) is 9.78 Å². The summed E-state index contributed by atoms with van der Waals surface area (Å²) in [5.74, 6) is 0.355. The number of aromatic amines is 1. The second-order valence-electron chi connectivity index (χ2n) is 6.48. The Bertz CT molecular complexity index is 1010. The van der Waals surface area contributed by atoms with Crippen LogP contribution in [-0.2, 0) is 6.54 Å². The molecule has 3 aliphatic heterocycles. The molecule has 0 saturated carbocycles. The number of fused-ring (bicyclic) bond motifs is 2. The standard InChI is InChI=1S/C17H19N5O2/c1-9-6-12-13(7-10(9)2)22(8-11-4-3-5-18-11)15-14(19-12)16(23)21-17(24)20-15/h6-7,11,18H,3-5,8H2,1-2H3,(H,21,23,24). The van der Waals surface area contributed by atoms with Crippen molar-refractivity contribution in [2.45, 2.75) is 39.3 Å². The van der Waals surface area contributed by atoms with Gasteiger partial charge < -0.3 is 9.88 Å². The zero-order valence-electron chi connectivity index (χ0n) is 13.7. The molecule has 4 rings (SSSR count). The molecular formula is C17H19N5O2. The normalized spacial score (nSPS) is 17.8. The van der Waals surface area contributed by atoms with Crippen LogP contribution in [0.2, 0.25) is 0 Å². The third-order valence-corrected chi connectivity index (χ3v) is 4.79. The predicted molar refractivity (Wildman–Crippen MR) is 91.5 cm³/mol. The second kappa shape index (κ2) is 5.52. The maximum atomic E-state index is 12.2. The smallest absolute Gasteiger partial charge is 0.321 e. The van der Waals surface area contributed by atoms with E-state index in [-0.39, 0.29) is 5.69 Å². The number of hydrogen-bond acceptors (Lipinski definition) is 5. The van der Waals surface area contributed by atoms with Crippen LogP contribution in [0.25, 0.3) is 22.6 Å². The highest BCUT2D eigenvalue weighted by molar-refractivity contribution is 5.81. The molecule has 124 valence electrons. The maximum Gasteiger partial charge on any atom is 0.349 e. The van der Waals surface area contributed by atoms with Gasteiger partial charge in [-0.15, -0.1) is 0 Å². The predicted octanol–water partition coefficient (Wildman–Crippen LogP) is 0.953. The van der Waals surface area contributed by atoms with Crippen LogP contribution in [-0.4, -0.2) is 32.1 Å². The fourth-order valence-electron chi connectivity index (χ4n) is 3.37. The van der Waals surface area contributed by atoms with Gasteiger partial charge in [-0.25, -0.2) is 9.78 Å². The average Bonchev–Trinajstić information content (AvgIpc) is 3.03. The number of H-pyrrole nitrogens is 1. The molecule has 0 bridgehead atoms. The van der Waals surface area contributed by atoms with Crippen LogP contribution < -0.4 is 16.6 Å². The van der Waals surface area contributed by atoms with E-state index in [9.17, 15) is 9.59 Å². The zero-order valence-corrected chi connectivity index (χ0v) is 13.7. The Labute approximate surface area is 138 Å². The van der Waals surface area contributed by atoms with E-state index in [1.54, 1.807) is 0 Å². The van der Waals surface area contributed by atoms with E-state index in [0.717, 1.165) is 41.5 Å². The van der Waals surface area contributed by atoms with E-state index < -0.39 is 11.2 Å². The van der Waals surface area contributed by atoms with Crippen molar-refractivity contribution >= 4 is 11.0 Å². The number of aromatic nitrogens is 4. The number of aryl methyl sites for hydroxylation is 2. The van der Waals surface area contributed by atoms with Crippen molar-refractivity contribution in [2.24, 2.45) is 0 Å². The van der Waals surface area contributed by atoms with E-state index in [2.05, 4.69) is 26.3 Å². The molecule has 1 aromatic carbocycles. The van der Waals surface area contributed by atoms with Crippen molar-refractivity contribution < 1.29 is 0 Å². The Morgan fingerprint density at radius 3 is 2.75 bits per heavy atom. The lowest BCUT2D eigenvalue weighted by Crippen LogP contribution is -2.32. The van der Waals surface area contributed by atoms with Gasteiger partial charge in [-0.05, 0) is 56.5 Å². The number of nitrogens with one attached hydrogen (secondary N) is 2. The lowest BCUT2D eigenvalue weighted by molar-refractivity contribution is 0.515. The molecule has 1 atom stereocenters. The van der Waals surface area contributed by atoms with Crippen LogP contribution in [0.1, 0.15) is 24.0 Å². The van der Waals surface area contributed by atoms with Gasteiger partial charge in [0.2, 0.25) is 0 Å². The fourth-order valence-corrected chi connectivity index (χ4v) is 3.37. The highest BCUT2D eigenvalue weighted by atomic mass is 16.2. The largest absolute Gasteiger partial charge is 0.349 e. The molecular weight excluding hydrogens is 306 g/mol. The highest BCUT2D eigenvalue weighted by Gasteiger charge is 2.22. The van der Waals surface area contributed by atoms with Crippen molar-refractivity contribution in [3.05, 3.63) is 44.1 Å². The van der Waals surface area contributed by atoms with Gasteiger partial charge in [0.15, 0.2) is 11.5 Å². The van der Waals surface area contributed by atoms with Crippen LogP contribution in [0, 0.1) is 13.8 Å². The summed E-state index contributed by atoms with van der Waals surface area (Å²) in [6.07, 6.45) is 2.20. The lowest BCUT2D eigenvalue weighted by atomic mass is 10.1. The molecule has 1 fully saturated rings. The van der Waals surface area contributed by atoms with Crippen molar-refractivity contribution in [2.75, 3.05) is 6.54 Å². The molecule has 0 spiro atoms. The van der Waals surface area contributed by atoms with Gasteiger partial charge in [0, 0.05) is 12.6 Å². The first kappa shape index (κ1) is 15.0. The molecule has 0 amide bonds. The summed E-state index contributed by atoms with van der Waals surface area (Å²) in [6, 6.07) is 4.34. The first-order valence-electron chi connectivity index (χ1n) is 8.18. The Morgan fingerprint density at radius 1 is 1.21 bits per heavy atom. The quantitative estimate of drug-likeness (QED) is 0.685. The minimum absolute atomic E-state index is 0.211. The Balaban J connectivity index is 2.07. The third-order valence-electron chi connectivity index (χ3n) is 4.79. The van der Waals surface area contributed by atoms with Gasteiger partial charge in [-0.2, -0.15) is 4.98 Å². The molecule has 7 heteroatoms. The molecule has 0 aliphatic carbocycles. The molecule has 1 saturated heterocycles. The fraction of sp³-hybridized carbons (Fsp3) is 0.412. The summed E-state index contributed by atoms with van der Waals surface area (Å²) < 4.78 is 1.96. The molecule has 2 N–H and O–H groups in total. The first-order chi connectivity index (χ1) is 11.5. The summed E-state index contributed by atoms with van der Waals surface area (Å²) in [4.78, 5) is 34.6. The summed E-state index contributed by atoms with van der Waals surface area (Å²) in [5, 5.41) is 3.46. The molecule has 3 aliphatic rings. The van der Waals surface area contributed by atoms with E-state index in [1.807, 2.05) is 24.5 Å². The summed E-state index contributed by atoms with van der Waals surface area (Å²) in [5.41, 5.74) is 2.99. The molecule has 7 nitrogen and oxygen atoms in total. The van der Waals surface area contributed by atoms with Crippen molar-refractivity contribution in [3.8, 4) is 11.5 Å². The number of rotatable bonds is 2. The van der Waals surface area contributed by atoms with Crippen molar-refractivity contribution in [1.82, 2.24) is 24.8 Å². The molecule has 0 aromatic heterocycles. The molecule has 1 unspecified atom stereocenters. The SMILES string of the molecule is Cc1cc2nc3c(=O)[nH]c(=O)nc-3n(CC3CCCN3)c2cc1C. The average molecular weight is 325 g/mol. The molecule has 24 heavy (non-hydrogen) atoms. The van der Waals surface area contributed by atoms with Gasteiger partial charge in [0.25, 0.3) is 5.56 Å². The van der Waals surface area contributed by atoms with E-state index in [4.69, 9.17) is 0 Å². The monoisotopic (exact) mass is 325 g/mol.